The lowest BCUT2D eigenvalue weighted by Gasteiger charge is -2.40. The average Bonchev–Trinajstić information content (AvgIpc) is 3.42. The van der Waals surface area contributed by atoms with Crippen molar-refractivity contribution in [2.24, 2.45) is 11.8 Å². The van der Waals surface area contributed by atoms with E-state index in [4.69, 9.17) is 4.74 Å². The van der Waals surface area contributed by atoms with E-state index < -0.39 is 18.1 Å². The van der Waals surface area contributed by atoms with Crippen molar-refractivity contribution in [3.63, 3.8) is 0 Å². The number of hydrogen-bond acceptors (Lipinski definition) is 8. The highest BCUT2D eigenvalue weighted by molar-refractivity contribution is 7.09. The first kappa shape index (κ1) is 33.7. The molecule has 1 fully saturated rings. The van der Waals surface area contributed by atoms with E-state index in [1.54, 1.807) is 5.38 Å². The second-order valence-electron chi connectivity index (χ2n) is 11.2. The third kappa shape index (κ3) is 8.99. The summed E-state index contributed by atoms with van der Waals surface area (Å²) in [5, 5.41) is 7.84. The first-order valence-corrected chi connectivity index (χ1v) is 15.5. The lowest BCUT2D eigenvalue weighted by Crippen LogP contribution is -2.58. The Hall–Kier alpha value is -2.53. The third-order valence-corrected chi connectivity index (χ3v) is 8.73. The summed E-state index contributed by atoms with van der Waals surface area (Å²) < 4.78 is 5.70. The third-order valence-electron chi connectivity index (χ3n) is 7.79. The number of esters is 1. The van der Waals surface area contributed by atoms with Crippen LogP contribution in [0, 0.1) is 11.8 Å². The number of nitrogens with one attached hydrogen (secondary N) is 2. The summed E-state index contributed by atoms with van der Waals surface area (Å²) in [6.45, 7) is 12.8. The Labute approximate surface area is 243 Å². The van der Waals surface area contributed by atoms with Crippen molar-refractivity contribution >= 4 is 35.0 Å². The van der Waals surface area contributed by atoms with Gasteiger partial charge in [0, 0.05) is 38.4 Å². The van der Waals surface area contributed by atoms with Crippen LogP contribution in [-0.2, 0) is 19.1 Å². The lowest BCUT2D eigenvalue weighted by atomic mass is 9.92. The Morgan fingerprint density at radius 1 is 1.20 bits per heavy atom. The molecule has 1 saturated heterocycles. The van der Waals surface area contributed by atoms with Gasteiger partial charge in [0.2, 0.25) is 11.8 Å². The second kappa shape index (κ2) is 16.0. The van der Waals surface area contributed by atoms with E-state index in [1.807, 2.05) is 46.6 Å². The number of amides is 3. The minimum absolute atomic E-state index is 0.0321. The number of thiazole rings is 1. The van der Waals surface area contributed by atoms with Crippen molar-refractivity contribution in [2.75, 3.05) is 27.2 Å². The van der Waals surface area contributed by atoms with E-state index in [1.165, 1.54) is 25.3 Å². The zero-order chi connectivity index (χ0) is 30.0. The molecule has 226 valence electrons. The maximum absolute atomic E-state index is 14.3. The molecule has 0 radical (unpaired) electrons. The number of likely N-dealkylation sites (tertiary alicyclic amines) is 1. The monoisotopic (exact) mass is 579 g/mol. The number of piperidine rings is 1. The number of likely N-dealkylation sites (N-methyl/N-ethyl adjacent to an activating group) is 1. The fourth-order valence-corrected chi connectivity index (χ4v) is 6.08. The molecule has 1 aliphatic heterocycles. The van der Waals surface area contributed by atoms with Gasteiger partial charge < -0.3 is 20.3 Å². The largest absolute Gasteiger partial charge is 0.455 e. The van der Waals surface area contributed by atoms with E-state index in [2.05, 4.69) is 20.5 Å². The lowest BCUT2D eigenvalue weighted by molar-refractivity contribution is -0.149. The van der Waals surface area contributed by atoms with Crippen LogP contribution in [0.5, 0.6) is 0 Å². The number of hydrogen-bond donors (Lipinski definition) is 2. The van der Waals surface area contributed by atoms with Gasteiger partial charge in [-0.1, -0.05) is 47.5 Å². The van der Waals surface area contributed by atoms with Crippen molar-refractivity contribution in [2.45, 2.75) is 104 Å². The van der Waals surface area contributed by atoms with Gasteiger partial charge in [-0.3, -0.25) is 24.1 Å². The highest BCUT2D eigenvalue weighted by Crippen LogP contribution is 2.31. The van der Waals surface area contributed by atoms with Crippen LogP contribution in [0.2, 0.25) is 0 Å². The van der Waals surface area contributed by atoms with Crippen molar-refractivity contribution in [3.05, 3.63) is 16.1 Å². The molecule has 2 heterocycles. The average molecular weight is 580 g/mol. The van der Waals surface area contributed by atoms with Gasteiger partial charge in [0.15, 0.2) is 6.10 Å². The topological polar surface area (TPSA) is 121 Å². The SMILES string of the molecule is CCCN(C(=O)[C@@H](NC(=O)[C@H]1CCCCN1C)[C@@H](C)CC)[C@H](C[C@@H](OC(C)=O)c1nc(C(=O)NC)cs1)C(C)C. The molecular weight excluding hydrogens is 530 g/mol. The molecule has 1 aliphatic rings. The van der Waals surface area contributed by atoms with Gasteiger partial charge in [0.05, 0.1) is 6.04 Å². The number of nitrogens with zero attached hydrogens (tertiary/aromatic N) is 3. The molecule has 1 aromatic heterocycles. The maximum atomic E-state index is 14.3. The zero-order valence-electron chi connectivity index (χ0n) is 25.5. The van der Waals surface area contributed by atoms with Crippen molar-refractivity contribution in [1.29, 1.82) is 0 Å². The number of aromatic nitrogens is 1. The normalized spacial score (nSPS) is 18.9. The molecule has 2 N–H and O–H groups in total. The molecule has 0 bridgehead atoms. The minimum Gasteiger partial charge on any atom is -0.455 e. The Bertz CT molecular complexity index is 999. The predicted octanol–water partition coefficient (Wildman–Crippen LogP) is 3.78. The molecule has 2 rings (SSSR count). The number of rotatable bonds is 14. The van der Waals surface area contributed by atoms with Gasteiger partial charge in [-0.15, -0.1) is 11.3 Å². The molecule has 3 amide bonds. The summed E-state index contributed by atoms with van der Waals surface area (Å²) >= 11 is 1.26. The van der Waals surface area contributed by atoms with Crippen molar-refractivity contribution < 1.29 is 23.9 Å². The fourth-order valence-electron chi connectivity index (χ4n) is 5.24. The van der Waals surface area contributed by atoms with Crippen LogP contribution in [0.1, 0.15) is 102 Å². The van der Waals surface area contributed by atoms with Gasteiger partial charge in [-0.05, 0) is 44.7 Å². The summed E-state index contributed by atoms with van der Waals surface area (Å²) in [6.07, 6.45) is 3.94. The van der Waals surface area contributed by atoms with E-state index in [9.17, 15) is 19.2 Å². The molecule has 1 aromatic rings. The number of ether oxygens (including phenoxy) is 1. The summed E-state index contributed by atoms with van der Waals surface area (Å²) in [4.78, 5) is 60.2. The zero-order valence-corrected chi connectivity index (χ0v) is 26.3. The molecule has 0 unspecified atom stereocenters. The Kier molecular flexibility index (Phi) is 13.5. The highest BCUT2D eigenvalue weighted by atomic mass is 32.1. The number of carbonyl (C=O) groups is 4. The van der Waals surface area contributed by atoms with Gasteiger partial charge in [-0.25, -0.2) is 4.98 Å². The highest BCUT2D eigenvalue weighted by Gasteiger charge is 2.38. The Balaban J connectivity index is 2.38. The van der Waals surface area contributed by atoms with Crippen LogP contribution in [0.15, 0.2) is 5.38 Å². The van der Waals surface area contributed by atoms with Gasteiger partial charge in [-0.2, -0.15) is 0 Å². The van der Waals surface area contributed by atoms with Crippen LogP contribution in [0.25, 0.3) is 0 Å². The summed E-state index contributed by atoms with van der Waals surface area (Å²) in [7, 11) is 3.50. The molecule has 0 aliphatic carbocycles. The molecule has 0 aromatic carbocycles. The van der Waals surface area contributed by atoms with E-state index in [0.29, 0.717) is 18.0 Å². The molecule has 11 heteroatoms. The van der Waals surface area contributed by atoms with Crippen LogP contribution < -0.4 is 10.6 Å². The molecular formula is C29H49N5O5S. The van der Waals surface area contributed by atoms with Crippen LogP contribution in [0.4, 0.5) is 0 Å². The van der Waals surface area contributed by atoms with E-state index >= 15 is 0 Å². The molecule has 0 saturated carbocycles. The molecule has 0 spiro atoms. The van der Waals surface area contributed by atoms with Crippen LogP contribution >= 0.6 is 11.3 Å². The summed E-state index contributed by atoms with van der Waals surface area (Å²) in [6, 6.07) is -1.18. The minimum atomic E-state index is -0.715. The fraction of sp³-hybridized carbons (Fsp3) is 0.759. The first-order chi connectivity index (χ1) is 18.9. The molecule has 40 heavy (non-hydrogen) atoms. The summed E-state index contributed by atoms with van der Waals surface area (Å²) in [5.41, 5.74) is 0.259. The van der Waals surface area contributed by atoms with E-state index in [0.717, 1.165) is 38.6 Å². The summed E-state index contributed by atoms with van der Waals surface area (Å²) in [5.74, 6) is -1.02. The van der Waals surface area contributed by atoms with Crippen LogP contribution in [-0.4, -0.2) is 83.8 Å². The van der Waals surface area contributed by atoms with E-state index in [-0.39, 0.29) is 47.3 Å². The van der Waals surface area contributed by atoms with Crippen molar-refractivity contribution in [1.82, 2.24) is 25.4 Å². The quantitative estimate of drug-likeness (QED) is 0.322. The standard InChI is InChI=1S/C29H49N5O5S/c1-9-14-34(29(38)25(19(5)10-2)32-27(37)22-13-11-12-15-33(22)8)23(18(3)4)16-24(39-20(6)35)28-31-21(17-40-28)26(36)30-7/h17-19,22-25H,9-16H2,1-8H3,(H,30,36)(H,32,37)/t19-,22+,23+,24+,25-/m0/s1. The predicted molar refractivity (Wildman–Crippen MR) is 157 cm³/mol. The second-order valence-corrected chi connectivity index (χ2v) is 12.1. The smallest absolute Gasteiger partial charge is 0.303 e. The van der Waals surface area contributed by atoms with Gasteiger partial charge in [0.25, 0.3) is 5.91 Å². The molecule has 5 atom stereocenters. The first-order valence-electron chi connectivity index (χ1n) is 14.6. The Morgan fingerprint density at radius 3 is 2.45 bits per heavy atom. The van der Waals surface area contributed by atoms with Gasteiger partial charge >= 0.3 is 5.97 Å². The Morgan fingerprint density at radius 2 is 1.90 bits per heavy atom. The van der Waals surface area contributed by atoms with Gasteiger partial charge in [0.1, 0.15) is 16.7 Å². The maximum Gasteiger partial charge on any atom is 0.303 e. The van der Waals surface area contributed by atoms with Crippen molar-refractivity contribution in [3.8, 4) is 0 Å². The van der Waals surface area contributed by atoms with Crippen LogP contribution in [0.3, 0.4) is 0 Å². The molecule has 10 nitrogen and oxygen atoms in total. The number of carbonyl (C=O) groups excluding carboxylic acids is 4.